The number of nitrogens with one attached hydrogen (secondary N) is 2. The van der Waals surface area contributed by atoms with Gasteiger partial charge >= 0.3 is 6.03 Å². The molecule has 2 rings (SSSR count). The number of primary sulfonamides is 1. The number of amides is 2. The molecule has 0 atom stereocenters. The van der Waals surface area contributed by atoms with Gasteiger partial charge in [0.05, 0.1) is 10.6 Å². The highest BCUT2D eigenvalue weighted by Gasteiger charge is 2.08. The van der Waals surface area contributed by atoms with Gasteiger partial charge in [0.2, 0.25) is 10.0 Å². The Morgan fingerprint density at radius 1 is 1.00 bits per heavy atom. The van der Waals surface area contributed by atoms with E-state index in [0.29, 0.717) is 16.3 Å². The van der Waals surface area contributed by atoms with E-state index >= 15 is 0 Å². The number of urea groups is 1. The van der Waals surface area contributed by atoms with E-state index in [2.05, 4.69) is 23.3 Å². The first-order chi connectivity index (χ1) is 9.86. The van der Waals surface area contributed by atoms with Crippen molar-refractivity contribution in [2.45, 2.75) is 9.79 Å². The number of nitrogens with two attached hydrogens (primary N) is 1. The third kappa shape index (κ3) is 4.22. The fraction of sp³-hybridized carbons (Fsp3) is 0. The summed E-state index contributed by atoms with van der Waals surface area (Å²) in [5, 5.41) is 10.2. The quantitative estimate of drug-likeness (QED) is 0.652. The molecule has 0 fully saturated rings. The molecule has 21 heavy (non-hydrogen) atoms. The van der Waals surface area contributed by atoms with Gasteiger partial charge in [0.1, 0.15) is 0 Å². The summed E-state index contributed by atoms with van der Waals surface area (Å²) >= 11 is 4.22. The second kappa shape index (κ2) is 6.17. The summed E-state index contributed by atoms with van der Waals surface area (Å²) in [6, 6.07) is 12.1. The minimum Gasteiger partial charge on any atom is -0.308 e. The van der Waals surface area contributed by atoms with E-state index in [0.717, 1.165) is 0 Å². The van der Waals surface area contributed by atoms with E-state index < -0.39 is 16.1 Å². The first kappa shape index (κ1) is 15.4. The van der Waals surface area contributed by atoms with Crippen LogP contribution in [0.2, 0.25) is 0 Å². The molecule has 0 saturated carbocycles. The molecule has 0 radical (unpaired) electrons. The SMILES string of the molecule is NS(=O)(=O)c1ccc(NC(=O)Nc2ccccc2S)cc1. The van der Waals surface area contributed by atoms with Gasteiger partial charge in [-0.3, -0.25) is 0 Å². The Morgan fingerprint density at radius 2 is 1.62 bits per heavy atom. The van der Waals surface area contributed by atoms with Gasteiger partial charge in [-0.15, -0.1) is 12.6 Å². The molecule has 0 spiro atoms. The van der Waals surface area contributed by atoms with Crippen molar-refractivity contribution < 1.29 is 13.2 Å². The van der Waals surface area contributed by atoms with Gasteiger partial charge in [-0.1, -0.05) is 12.1 Å². The average Bonchev–Trinajstić information content (AvgIpc) is 2.41. The Bertz CT molecular complexity index is 758. The minimum absolute atomic E-state index is 0.0193. The molecule has 8 heteroatoms. The van der Waals surface area contributed by atoms with Gasteiger partial charge in [-0.2, -0.15) is 0 Å². The predicted octanol–water partition coefficient (Wildman–Crippen LogP) is 2.27. The van der Waals surface area contributed by atoms with Crippen molar-refractivity contribution >= 4 is 40.1 Å². The van der Waals surface area contributed by atoms with E-state index in [4.69, 9.17) is 5.14 Å². The Kier molecular flexibility index (Phi) is 4.51. The number of hydrogen-bond acceptors (Lipinski definition) is 4. The van der Waals surface area contributed by atoms with Crippen LogP contribution < -0.4 is 15.8 Å². The molecule has 0 aromatic heterocycles. The highest BCUT2D eigenvalue weighted by Crippen LogP contribution is 2.19. The summed E-state index contributed by atoms with van der Waals surface area (Å²) < 4.78 is 22.2. The molecular weight excluding hydrogens is 310 g/mol. The van der Waals surface area contributed by atoms with Crippen LogP contribution in [-0.4, -0.2) is 14.4 Å². The number of sulfonamides is 1. The lowest BCUT2D eigenvalue weighted by molar-refractivity contribution is 0.262. The number of carbonyl (C=O) groups is 1. The second-order valence-corrected chi connectivity index (χ2v) is 6.21. The van der Waals surface area contributed by atoms with Gasteiger partial charge in [0, 0.05) is 10.6 Å². The normalized spacial score (nSPS) is 11.0. The fourth-order valence-electron chi connectivity index (χ4n) is 1.59. The Hall–Kier alpha value is -2.03. The predicted molar refractivity (Wildman–Crippen MR) is 84.2 cm³/mol. The molecule has 6 nitrogen and oxygen atoms in total. The Balaban J connectivity index is 2.05. The number of hydrogen-bond donors (Lipinski definition) is 4. The maximum Gasteiger partial charge on any atom is 0.323 e. The van der Waals surface area contributed by atoms with Crippen molar-refractivity contribution in [3.05, 3.63) is 48.5 Å². The molecule has 0 bridgehead atoms. The Morgan fingerprint density at radius 3 is 2.19 bits per heavy atom. The van der Waals surface area contributed by atoms with Crippen molar-refractivity contribution in [2.75, 3.05) is 10.6 Å². The monoisotopic (exact) mass is 323 g/mol. The number of benzene rings is 2. The molecule has 0 aliphatic carbocycles. The van der Waals surface area contributed by atoms with Crippen LogP contribution in [0.15, 0.2) is 58.3 Å². The second-order valence-electron chi connectivity index (χ2n) is 4.17. The number of thiol groups is 1. The summed E-state index contributed by atoms with van der Waals surface area (Å²) in [4.78, 5) is 12.4. The minimum atomic E-state index is -3.74. The highest BCUT2D eigenvalue weighted by atomic mass is 32.2. The van der Waals surface area contributed by atoms with Crippen molar-refractivity contribution in [3.8, 4) is 0 Å². The molecule has 0 aliphatic rings. The summed E-state index contributed by atoms with van der Waals surface area (Å²) in [5.74, 6) is 0. The van der Waals surface area contributed by atoms with E-state index in [9.17, 15) is 13.2 Å². The van der Waals surface area contributed by atoms with E-state index in [1.165, 1.54) is 24.3 Å². The molecular formula is C13H13N3O3S2. The third-order valence-corrected chi connectivity index (χ3v) is 3.91. The van der Waals surface area contributed by atoms with Crippen LogP contribution >= 0.6 is 12.6 Å². The van der Waals surface area contributed by atoms with Crippen molar-refractivity contribution in [3.63, 3.8) is 0 Å². The molecule has 2 aromatic carbocycles. The number of rotatable bonds is 3. The molecule has 0 heterocycles. The van der Waals surface area contributed by atoms with Crippen LogP contribution in [0.25, 0.3) is 0 Å². The molecule has 0 unspecified atom stereocenters. The summed E-state index contributed by atoms with van der Waals surface area (Å²) in [5.41, 5.74) is 1.01. The first-order valence-corrected chi connectivity index (χ1v) is 7.84. The molecule has 0 saturated heterocycles. The summed E-state index contributed by atoms with van der Waals surface area (Å²) in [7, 11) is -3.74. The van der Waals surface area contributed by atoms with Gasteiger partial charge < -0.3 is 10.6 Å². The van der Waals surface area contributed by atoms with Crippen molar-refractivity contribution in [1.29, 1.82) is 0 Å². The van der Waals surface area contributed by atoms with E-state index in [-0.39, 0.29) is 4.90 Å². The maximum absolute atomic E-state index is 11.8. The van der Waals surface area contributed by atoms with Gasteiger partial charge in [0.25, 0.3) is 0 Å². The molecule has 4 N–H and O–H groups in total. The van der Waals surface area contributed by atoms with Crippen LogP contribution in [0.1, 0.15) is 0 Å². The average molecular weight is 323 g/mol. The number of para-hydroxylation sites is 1. The molecule has 110 valence electrons. The maximum atomic E-state index is 11.8. The van der Waals surface area contributed by atoms with E-state index in [1.807, 2.05) is 0 Å². The lowest BCUT2D eigenvalue weighted by Gasteiger charge is -2.09. The van der Waals surface area contributed by atoms with E-state index in [1.54, 1.807) is 24.3 Å². The number of carbonyl (C=O) groups excluding carboxylic acids is 1. The fourth-order valence-corrected chi connectivity index (χ4v) is 2.32. The van der Waals surface area contributed by atoms with Crippen LogP contribution in [0.3, 0.4) is 0 Å². The summed E-state index contributed by atoms with van der Waals surface area (Å²) in [6.07, 6.45) is 0. The van der Waals surface area contributed by atoms with Gasteiger partial charge in [-0.25, -0.2) is 18.4 Å². The smallest absolute Gasteiger partial charge is 0.308 e. The molecule has 2 aromatic rings. The summed E-state index contributed by atoms with van der Waals surface area (Å²) in [6.45, 7) is 0. The first-order valence-electron chi connectivity index (χ1n) is 5.85. The number of anilines is 2. The highest BCUT2D eigenvalue weighted by molar-refractivity contribution is 7.89. The van der Waals surface area contributed by atoms with Gasteiger partial charge in [0.15, 0.2) is 0 Å². The molecule has 2 amide bonds. The Labute approximate surface area is 127 Å². The van der Waals surface area contributed by atoms with Crippen LogP contribution in [0, 0.1) is 0 Å². The van der Waals surface area contributed by atoms with Crippen LogP contribution in [0.5, 0.6) is 0 Å². The van der Waals surface area contributed by atoms with Crippen molar-refractivity contribution in [2.24, 2.45) is 5.14 Å². The lowest BCUT2D eigenvalue weighted by Crippen LogP contribution is -2.19. The van der Waals surface area contributed by atoms with Gasteiger partial charge in [-0.05, 0) is 36.4 Å². The zero-order chi connectivity index (χ0) is 15.5. The van der Waals surface area contributed by atoms with Crippen molar-refractivity contribution in [1.82, 2.24) is 0 Å². The lowest BCUT2D eigenvalue weighted by atomic mass is 10.3. The standard InChI is InChI=1S/C13H13N3O3S2/c14-21(18,19)10-7-5-9(6-8-10)15-13(17)16-11-3-1-2-4-12(11)20/h1-8,20H,(H2,14,18,19)(H2,15,16,17). The largest absolute Gasteiger partial charge is 0.323 e. The van der Waals surface area contributed by atoms with Crippen LogP contribution in [0.4, 0.5) is 16.2 Å². The third-order valence-electron chi connectivity index (χ3n) is 2.59. The zero-order valence-electron chi connectivity index (χ0n) is 10.8. The molecule has 0 aliphatic heterocycles. The topological polar surface area (TPSA) is 101 Å². The zero-order valence-corrected chi connectivity index (χ0v) is 12.5. The van der Waals surface area contributed by atoms with Crippen LogP contribution in [-0.2, 0) is 10.0 Å².